The lowest BCUT2D eigenvalue weighted by atomic mass is 10.4. The summed E-state index contributed by atoms with van der Waals surface area (Å²) in [5.74, 6) is 0.746. The molecule has 0 spiro atoms. The Bertz CT molecular complexity index is 514. The van der Waals surface area contributed by atoms with Crippen LogP contribution in [-0.2, 0) is 4.79 Å². The van der Waals surface area contributed by atoms with E-state index in [-0.39, 0.29) is 5.91 Å². The summed E-state index contributed by atoms with van der Waals surface area (Å²) in [4.78, 5) is 16.7. The number of nitrogens with one attached hydrogen (secondary N) is 1. The van der Waals surface area contributed by atoms with Gasteiger partial charge in [-0.3, -0.25) is 4.79 Å². The lowest BCUT2D eigenvalue weighted by Gasteiger charge is -2.04. The van der Waals surface area contributed by atoms with Gasteiger partial charge < -0.3 is 11.1 Å². The van der Waals surface area contributed by atoms with E-state index in [1.54, 1.807) is 18.3 Å². The number of nitrogens with zero attached hydrogens (tertiary/aromatic N) is 1. The van der Waals surface area contributed by atoms with Gasteiger partial charge in [-0.2, -0.15) is 0 Å². The zero-order chi connectivity index (χ0) is 12.8. The molecule has 0 atom stereocenters. The molecule has 1 amide bonds. The molecule has 0 aliphatic carbocycles. The number of nitrogen functional groups attached to an aromatic ring is 1. The van der Waals surface area contributed by atoms with Gasteiger partial charge in [0.25, 0.3) is 0 Å². The summed E-state index contributed by atoms with van der Waals surface area (Å²) in [6, 6.07) is 13.2. The Kier molecular flexibility index (Phi) is 4.20. The van der Waals surface area contributed by atoms with Gasteiger partial charge in [-0.05, 0) is 24.3 Å². The van der Waals surface area contributed by atoms with Gasteiger partial charge >= 0.3 is 0 Å². The SMILES string of the molecule is Nc1ccc(NC(=O)CSc2ccccc2)cn1. The summed E-state index contributed by atoms with van der Waals surface area (Å²) in [7, 11) is 0. The van der Waals surface area contributed by atoms with E-state index in [1.807, 2.05) is 30.3 Å². The Morgan fingerprint density at radius 1 is 1.22 bits per heavy atom. The third kappa shape index (κ3) is 3.78. The van der Waals surface area contributed by atoms with E-state index in [0.717, 1.165) is 4.90 Å². The number of amides is 1. The first-order valence-corrected chi connectivity index (χ1v) is 6.42. The highest BCUT2D eigenvalue weighted by Gasteiger charge is 2.03. The second kappa shape index (κ2) is 6.07. The van der Waals surface area contributed by atoms with Crippen molar-refractivity contribution in [2.24, 2.45) is 0 Å². The smallest absolute Gasteiger partial charge is 0.234 e. The van der Waals surface area contributed by atoms with Crippen LogP contribution in [-0.4, -0.2) is 16.6 Å². The fraction of sp³-hybridized carbons (Fsp3) is 0.0769. The van der Waals surface area contributed by atoms with Gasteiger partial charge in [0.2, 0.25) is 5.91 Å². The highest BCUT2D eigenvalue weighted by atomic mass is 32.2. The van der Waals surface area contributed by atoms with Crippen LogP contribution in [0.5, 0.6) is 0 Å². The van der Waals surface area contributed by atoms with Crippen molar-refractivity contribution >= 4 is 29.2 Å². The minimum absolute atomic E-state index is 0.0598. The lowest BCUT2D eigenvalue weighted by molar-refractivity contribution is -0.113. The molecule has 1 aromatic heterocycles. The third-order valence-corrected chi connectivity index (χ3v) is 3.20. The molecule has 1 aromatic carbocycles. The molecule has 0 aliphatic rings. The van der Waals surface area contributed by atoms with Crippen LogP contribution in [0.1, 0.15) is 0 Å². The summed E-state index contributed by atoms with van der Waals surface area (Å²) >= 11 is 1.49. The molecular weight excluding hydrogens is 246 g/mol. The Morgan fingerprint density at radius 2 is 2.00 bits per heavy atom. The predicted octanol–water partition coefficient (Wildman–Crippen LogP) is 2.39. The molecule has 4 nitrogen and oxygen atoms in total. The molecule has 0 fully saturated rings. The van der Waals surface area contributed by atoms with Gasteiger partial charge in [0, 0.05) is 4.90 Å². The Morgan fingerprint density at radius 3 is 2.67 bits per heavy atom. The van der Waals surface area contributed by atoms with Crippen LogP contribution < -0.4 is 11.1 Å². The minimum atomic E-state index is -0.0598. The van der Waals surface area contributed by atoms with E-state index in [0.29, 0.717) is 17.3 Å². The largest absolute Gasteiger partial charge is 0.384 e. The number of nitrogens with two attached hydrogens (primary N) is 1. The molecule has 5 heteroatoms. The zero-order valence-corrected chi connectivity index (χ0v) is 10.5. The number of carbonyl (C=O) groups is 1. The van der Waals surface area contributed by atoms with Crippen LogP contribution in [0.2, 0.25) is 0 Å². The monoisotopic (exact) mass is 259 g/mol. The molecule has 2 aromatic rings. The molecule has 92 valence electrons. The van der Waals surface area contributed by atoms with Crippen molar-refractivity contribution in [3.05, 3.63) is 48.7 Å². The molecule has 1 heterocycles. The predicted molar refractivity (Wildman–Crippen MR) is 74.4 cm³/mol. The third-order valence-electron chi connectivity index (χ3n) is 2.18. The Labute approximate surface area is 110 Å². The summed E-state index contributed by atoms with van der Waals surface area (Å²) < 4.78 is 0. The maximum atomic E-state index is 11.7. The lowest BCUT2D eigenvalue weighted by Crippen LogP contribution is -2.14. The Hall–Kier alpha value is -2.01. The number of hydrogen-bond acceptors (Lipinski definition) is 4. The average molecular weight is 259 g/mol. The Balaban J connectivity index is 1.84. The molecule has 0 bridgehead atoms. The maximum absolute atomic E-state index is 11.7. The number of anilines is 2. The number of thioether (sulfide) groups is 1. The number of hydrogen-bond donors (Lipinski definition) is 2. The molecule has 18 heavy (non-hydrogen) atoms. The quantitative estimate of drug-likeness (QED) is 0.827. The highest BCUT2D eigenvalue weighted by Crippen LogP contribution is 2.17. The molecule has 0 saturated carbocycles. The van der Waals surface area contributed by atoms with Crippen LogP contribution >= 0.6 is 11.8 Å². The van der Waals surface area contributed by atoms with E-state index in [9.17, 15) is 4.79 Å². The van der Waals surface area contributed by atoms with Crippen LogP contribution in [0.25, 0.3) is 0 Å². The van der Waals surface area contributed by atoms with Crippen molar-refractivity contribution < 1.29 is 4.79 Å². The summed E-state index contributed by atoms with van der Waals surface area (Å²) in [5, 5.41) is 2.76. The first-order chi connectivity index (χ1) is 8.74. The average Bonchev–Trinajstić information content (AvgIpc) is 2.40. The zero-order valence-electron chi connectivity index (χ0n) is 9.67. The number of carbonyl (C=O) groups excluding carboxylic acids is 1. The van der Waals surface area contributed by atoms with Crippen molar-refractivity contribution in [1.29, 1.82) is 0 Å². The molecule has 0 radical (unpaired) electrons. The maximum Gasteiger partial charge on any atom is 0.234 e. The second-order valence-electron chi connectivity index (χ2n) is 3.62. The number of benzene rings is 1. The van der Waals surface area contributed by atoms with Gasteiger partial charge in [0.05, 0.1) is 17.6 Å². The summed E-state index contributed by atoms with van der Waals surface area (Å²) in [6.45, 7) is 0. The number of pyridine rings is 1. The van der Waals surface area contributed by atoms with E-state index in [2.05, 4.69) is 10.3 Å². The first kappa shape index (κ1) is 12.4. The summed E-state index contributed by atoms with van der Waals surface area (Å²) in [5.41, 5.74) is 6.12. The van der Waals surface area contributed by atoms with Gasteiger partial charge in [-0.1, -0.05) is 18.2 Å². The molecule has 0 aliphatic heterocycles. The second-order valence-corrected chi connectivity index (χ2v) is 4.67. The normalized spacial score (nSPS) is 10.0. The van der Waals surface area contributed by atoms with Crippen LogP contribution in [0.3, 0.4) is 0 Å². The molecule has 0 unspecified atom stereocenters. The molecule has 0 saturated heterocycles. The fourth-order valence-corrected chi connectivity index (χ4v) is 2.06. The van der Waals surface area contributed by atoms with Crippen molar-refractivity contribution in [2.45, 2.75) is 4.90 Å². The topological polar surface area (TPSA) is 68.0 Å². The van der Waals surface area contributed by atoms with Crippen molar-refractivity contribution in [3.63, 3.8) is 0 Å². The number of rotatable bonds is 4. The molecule has 3 N–H and O–H groups in total. The van der Waals surface area contributed by atoms with Crippen molar-refractivity contribution in [1.82, 2.24) is 4.98 Å². The van der Waals surface area contributed by atoms with Gasteiger partial charge in [0.1, 0.15) is 5.82 Å². The first-order valence-electron chi connectivity index (χ1n) is 5.43. The highest BCUT2D eigenvalue weighted by molar-refractivity contribution is 8.00. The van der Waals surface area contributed by atoms with Crippen LogP contribution in [0.4, 0.5) is 11.5 Å². The van der Waals surface area contributed by atoms with Crippen molar-refractivity contribution in [3.8, 4) is 0 Å². The van der Waals surface area contributed by atoms with E-state index in [1.165, 1.54) is 11.8 Å². The minimum Gasteiger partial charge on any atom is -0.384 e. The summed E-state index contributed by atoms with van der Waals surface area (Å²) in [6.07, 6.45) is 1.54. The molecular formula is C13H13N3OS. The van der Waals surface area contributed by atoms with Crippen LogP contribution in [0, 0.1) is 0 Å². The van der Waals surface area contributed by atoms with Crippen molar-refractivity contribution in [2.75, 3.05) is 16.8 Å². The number of aromatic nitrogens is 1. The van der Waals surface area contributed by atoms with Gasteiger partial charge in [0.15, 0.2) is 0 Å². The fourth-order valence-electron chi connectivity index (χ4n) is 1.34. The standard InChI is InChI=1S/C13H13N3OS/c14-12-7-6-10(8-15-12)16-13(17)9-18-11-4-2-1-3-5-11/h1-8H,9H2,(H2,14,15)(H,16,17). The van der Waals surface area contributed by atoms with Gasteiger partial charge in [-0.15, -0.1) is 11.8 Å². The van der Waals surface area contributed by atoms with Gasteiger partial charge in [-0.25, -0.2) is 4.98 Å². The van der Waals surface area contributed by atoms with Crippen LogP contribution in [0.15, 0.2) is 53.6 Å². The van der Waals surface area contributed by atoms with E-state index >= 15 is 0 Å². The van der Waals surface area contributed by atoms with E-state index < -0.39 is 0 Å². The molecule has 2 rings (SSSR count). The van der Waals surface area contributed by atoms with E-state index in [4.69, 9.17) is 5.73 Å².